The molecule has 0 rings (SSSR count). The molecule has 0 radical (unpaired) electrons. The summed E-state index contributed by atoms with van der Waals surface area (Å²) in [6, 6.07) is 0. The van der Waals surface area contributed by atoms with Gasteiger partial charge >= 0.3 is 0 Å². The van der Waals surface area contributed by atoms with Crippen molar-refractivity contribution in [3.8, 4) is 0 Å². The summed E-state index contributed by atoms with van der Waals surface area (Å²) in [4.78, 5) is 1.79. The Labute approximate surface area is 181 Å². The number of nitrogens with zero attached hydrogens (tertiary/aromatic N) is 1. The molecule has 30 heavy (non-hydrogen) atoms. The minimum atomic E-state index is -3.81. The summed E-state index contributed by atoms with van der Waals surface area (Å²) < 4.78 is 58.9. The fourth-order valence-electron chi connectivity index (χ4n) is 2.74. The molecule has 0 saturated heterocycles. The molecule has 0 unspecified atom stereocenters. The molecule has 0 heterocycles. The van der Waals surface area contributed by atoms with E-state index in [0.717, 1.165) is 51.4 Å². The molecule has 12 heteroatoms. The first-order valence-corrected chi connectivity index (χ1v) is 13.7. The van der Waals surface area contributed by atoms with Crippen molar-refractivity contribution in [3.05, 3.63) is 0 Å². The normalized spacial score (nSPS) is 12.1. The fraction of sp³-hybridized carbons (Fsp3) is 1.00. The van der Waals surface area contributed by atoms with E-state index >= 15 is 0 Å². The van der Waals surface area contributed by atoms with Crippen LogP contribution in [0.5, 0.6) is 0 Å². The molecule has 5 N–H and O–H groups in total. The molecule has 0 aliphatic carbocycles. The van der Waals surface area contributed by atoms with Crippen LogP contribution in [0.3, 0.4) is 0 Å². The van der Waals surface area contributed by atoms with Crippen LogP contribution in [0.15, 0.2) is 0 Å². The molecule has 0 atom stereocenters. The maximum absolute atomic E-state index is 10.5. The smallest absolute Gasteiger partial charge is 0.264 e. The topological polar surface area (TPSA) is 173 Å². The molecule has 0 amide bonds. The Kier molecular flexibility index (Phi) is 21.8. The lowest BCUT2D eigenvalue weighted by Crippen LogP contribution is -2.32. The van der Waals surface area contributed by atoms with E-state index < -0.39 is 20.2 Å². The molecule has 0 aliphatic heterocycles. The van der Waals surface area contributed by atoms with E-state index in [2.05, 4.69) is 0 Å². The summed E-state index contributed by atoms with van der Waals surface area (Å²) in [6.45, 7) is 1.75. The molecule has 0 saturated carbocycles. The van der Waals surface area contributed by atoms with Gasteiger partial charge in [0, 0.05) is 19.6 Å². The van der Waals surface area contributed by atoms with Crippen LogP contribution < -0.4 is 0 Å². The summed E-state index contributed by atoms with van der Waals surface area (Å²) in [5.41, 5.74) is 0. The van der Waals surface area contributed by atoms with Gasteiger partial charge in [-0.3, -0.25) is 14.0 Å². The molecule has 10 nitrogen and oxygen atoms in total. The minimum Gasteiger partial charge on any atom is -0.395 e. The number of unbranched alkanes of at least 4 members (excludes halogenated alkanes) is 9. The first-order valence-electron chi connectivity index (χ1n) is 10.5. The highest BCUT2D eigenvalue weighted by molar-refractivity contribution is 7.86. The van der Waals surface area contributed by atoms with Crippen molar-refractivity contribution in [2.45, 2.75) is 64.2 Å². The zero-order chi connectivity index (χ0) is 23.3. The third-order valence-electron chi connectivity index (χ3n) is 4.30. The van der Waals surface area contributed by atoms with Crippen LogP contribution in [0.4, 0.5) is 0 Å². The first kappa shape index (κ1) is 31.8. The average molecular weight is 480 g/mol. The Morgan fingerprint density at radius 1 is 0.467 bits per heavy atom. The van der Waals surface area contributed by atoms with Gasteiger partial charge in [0.1, 0.15) is 0 Å². The highest BCUT2D eigenvalue weighted by atomic mass is 32.2. The zero-order valence-corrected chi connectivity index (χ0v) is 19.5. The van der Waals surface area contributed by atoms with Crippen molar-refractivity contribution in [3.63, 3.8) is 0 Å². The van der Waals surface area contributed by atoms with Gasteiger partial charge in [-0.25, -0.2) is 0 Å². The fourth-order valence-corrected chi connectivity index (χ4v) is 3.88. The second-order valence-corrected chi connectivity index (χ2v) is 10.3. The summed E-state index contributed by atoms with van der Waals surface area (Å²) in [7, 11) is -7.61. The molecular formula is C18H41NO9S2. The number of hydrogen-bond donors (Lipinski definition) is 5. The van der Waals surface area contributed by atoms with E-state index in [1.807, 2.05) is 0 Å². The lowest BCUT2D eigenvalue weighted by molar-refractivity contribution is 0.136. The number of aliphatic hydroxyl groups excluding tert-OH is 3. The molecular weight excluding hydrogens is 438 g/mol. The van der Waals surface area contributed by atoms with Crippen molar-refractivity contribution in [1.82, 2.24) is 4.90 Å². The predicted octanol–water partition coefficient (Wildman–Crippen LogP) is 0.928. The Hall–Kier alpha value is -0.340. The third kappa shape index (κ3) is 29.9. The Morgan fingerprint density at radius 3 is 0.900 bits per heavy atom. The molecule has 0 fully saturated rings. The molecule has 0 aromatic carbocycles. The van der Waals surface area contributed by atoms with Crippen LogP contribution in [0.25, 0.3) is 0 Å². The maximum atomic E-state index is 10.5. The SMILES string of the molecule is O=S(=O)(O)CCCCCCCCCCCCS(=O)(=O)O.OCCN(CCO)CCO. The van der Waals surface area contributed by atoms with Gasteiger partial charge in [0.2, 0.25) is 0 Å². The van der Waals surface area contributed by atoms with Crippen LogP contribution in [-0.4, -0.2) is 97.1 Å². The van der Waals surface area contributed by atoms with Crippen LogP contribution in [0.2, 0.25) is 0 Å². The number of hydrogen-bond acceptors (Lipinski definition) is 8. The minimum absolute atomic E-state index is 0.0694. The van der Waals surface area contributed by atoms with Crippen LogP contribution in [0, 0.1) is 0 Å². The van der Waals surface area contributed by atoms with Gasteiger partial charge in [0.25, 0.3) is 20.2 Å². The Morgan fingerprint density at radius 2 is 0.700 bits per heavy atom. The average Bonchev–Trinajstić information content (AvgIpc) is 2.62. The molecule has 0 aliphatic rings. The number of aliphatic hydroxyl groups is 3. The van der Waals surface area contributed by atoms with E-state index in [1.54, 1.807) is 4.90 Å². The standard InChI is InChI=1S/C12H26O6S2.C6H15NO3/c13-19(14,15)11-9-7-5-3-1-2-4-6-8-10-12-20(16,17)18;8-4-1-7(2-5-9)3-6-10/h1-12H2,(H,13,14,15)(H,16,17,18);8-10H,1-6H2. The van der Waals surface area contributed by atoms with Gasteiger partial charge in [-0.05, 0) is 12.8 Å². The predicted molar refractivity (Wildman–Crippen MR) is 117 cm³/mol. The monoisotopic (exact) mass is 479 g/mol. The second kappa shape index (κ2) is 20.6. The summed E-state index contributed by atoms with van der Waals surface area (Å²) in [5, 5.41) is 25.5. The van der Waals surface area contributed by atoms with Crippen molar-refractivity contribution in [2.75, 3.05) is 51.0 Å². The highest BCUT2D eigenvalue weighted by Crippen LogP contribution is 2.11. The molecule has 0 aromatic rings. The van der Waals surface area contributed by atoms with Gasteiger partial charge in [0.05, 0.1) is 31.3 Å². The van der Waals surface area contributed by atoms with E-state index in [1.165, 1.54) is 0 Å². The highest BCUT2D eigenvalue weighted by Gasteiger charge is 2.04. The van der Waals surface area contributed by atoms with E-state index in [9.17, 15) is 16.8 Å². The van der Waals surface area contributed by atoms with E-state index in [0.29, 0.717) is 32.5 Å². The Balaban J connectivity index is 0. The van der Waals surface area contributed by atoms with Gasteiger partial charge in [0.15, 0.2) is 0 Å². The largest absolute Gasteiger partial charge is 0.395 e. The van der Waals surface area contributed by atoms with E-state index in [4.69, 9.17) is 24.4 Å². The molecule has 0 spiro atoms. The van der Waals surface area contributed by atoms with Gasteiger partial charge in [-0.1, -0.05) is 51.4 Å². The quantitative estimate of drug-likeness (QED) is 0.132. The third-order valence-corrected chi connectivity index (χ3v) is 5.91. The summed E-state index contributed by atoms with van der Waals surface area (Å²) in [5.74, 6) is -0.304. The lowest BCUT2D eigenvalue weighted by atomic mass is 10.1. The Bertz CT molecular complexity index is 512. The van der Waals surface area contributed by atoms with Crippen molar-refractivity contribution >= 4 is 20.2 Å². The van der Waals surface area contributed by atoms with Crippen LogP contribution in [-0.2, 0) is 20.2 Å². The van der Waals surface area contributed by atoms with Crippen LogP contribution in [0.1, 0.15) is 64.2 Å². The molecule has 184 valence electrons. The summed E-state index contributed by atoms with van der Waals surface area (Å²) in [6.07, 6.45) is 8.86. The maximum Gasteiger partial charge on any atom is 0.264 e. The summed E-state index contributed by atoms with van der Waals surface area (Å²) >= 11 is 0. The zero-order valence-electron chi connectivity index (χ0n) is 17.9. The molecule has 0 bridgehead atoms. The van der Waals surface area contributed by atoms with Gasteiger partial charge in [-0.2, -0.15) is 16.8 Å². The lowest BCUT2D eigenvalue weighted by Gasteiger charge is -2.17. The van der Waals surface area contributed by atoms with Crippen LogP contribution >= 0.6 is 0 Å². The van der Waals surface area contributed by atoms with Gasteiger partial charge < -0.3 is 15.3 Å². The first-order chi connectivity index (χ1) is 14.1. The van der Waals surface area contributed by atoms with Crippen molar-refractivity contribution in [2.24, 2.45) is 0 Å². The number of rotatable bonds is 19. The van der Waals surface area contributed by atoms with Crippen molar-refractivity contribution in [1.29, 1.82) is 0 Å². The molecule has 0 aromatic heterocycles. The van der Waals surface area contributed by atoms with Gasteiger partial charge in [-0.15, -0.1) is 0 Å². The van der Waals surface area contributed by atoms with E-state index in [-0.39, 0.29) is 31.3 Å². The van der Waals surface area contributed by atoms with Crippen molar-refractivity contribution < 1.29 is 41.3 Å². The second-order valence-electron chi connectivity index (χ2n) is 7.12.